The molecule has 0 aromatic heterocycles. The van der Waals surface area contributed by atoms with Crippen LogP contribution in [0.15, 0.2) is 11.8 Å². The third-order valence-electron chi connectivity index (χ3n) is 4.54. The summed E-state index contributed by atoms with van der Waals surface area (Å²) in [5, 5.41) is 0. The van der Waals surface area contributed by atoms with E-state index in [1.165, 1.54) is 58.0 Å². The zero-order valence-corrected chi connectivity index (χ0v) is 11.3. The van der Waals surface area contributed by atoms with Gasteiger partial charge in [-0.05, 0) is 44.6 Å². The van der Waals surface area contributed by atoms with Crippen LogP contribution >= 0.6 is 0 Å². The number of allylic oxidation sites excluding steroid dienone is 2. The molecule has 2 N–H and O–H groups in total. The van der Waals surface area contributed by atoms with E-state index >= 15 is 0 Å². The summed E-state index contributed by atoms with van der Waals surface area (Å²) in [4.78, 5) is 2.74. The van der Waals surface area contributed by atoms with Gasteiger partial charge in [-0.3, -0.25) is 0 Å². The van der Waals surface area contributed by atoms with Gasteiger partial charge in [-0.15, -0.1) is 0 Å². The van der Waals surface area contributed by atoms with Crippen molar-refractivity contribution in [3.63, 3.8) is 0 Å². The maximum absolute atomic E-state index is 5.85. The molecule has 2 rings (SSSR count). The molecule has 2 aliphatic carbocycles. The Morgan fingerprint density at radius 3 is 2.59 bits per heavy atom. The second kappa shape index (κ2) is 6.44. The van der Waals surface area contributed by atoms with Gasteiger partial charge in [0.2, 0.25) is 0 Å². The predicted molar refractivity (Wildman–Crippen MR) is 73.7 cm³/mol. The molecular formula is C15H28N2. The molecule has 0 bridgehead atoms. The minimum Gasteiger partial charge on any atom is -0.402 e. The van der Waals surface area contributed by atoms with Crippen LogP contribution in [0.1, 0.15) is 58.3 Å². The molecule has 0 spiro atoms. The first kappa shape index (κ1) is 12.9. The molecular weight excluding hydrogens is 208 g/mol. The first-order valence-corrected chi connectivity index (χ1v) is 7.48. The summed E-state index contributed by atoms with van der Waals surface area (Å²) in [6, 6.07) is 0.872. The standard InChI is InChI=1S/C15H28N2/c1-2-17(15-6-4-3-5-7-15)12-13-8-10-14(16)11-9-13/h10,13,15H,2-9,11-12,16H2,1H3. The van der Waals surface area contributed by atoms with Crippen molar-refractivity contribution >= 4 is 0 Å². The molecule has 98 valence electrons. The Kier molecular flexibility index (Phi) is 4.90. The molecule has 2 nitrogen and oxygen atoms in total. The number of nitrogens with two attached hydrogens (primary N) is 1. The van der Waals surface area contributed by atoms with Gasteiger partial charge >= 0.3 is 0 Å². The zero-order chi connectivity index (χ0) is 12.1. The first-order chi connectivity index (χ1) is 8.29. The van der Waals surface area contributed by atoms with Crippen LogP contribution < -0.4 is 5.73 Å². The average molecular weight is 236 g/mol. The van der Waals surface area contributed by atoms with Crippen molar-refractivity contribution in [3.05, 3.63) is 11.8 Å². The molecule has 0 amide bonds. The quantitative estimate of drug-likeness (QED) is 0.811. The van der Waals surface area contributed by atoms with Crippen molar-refractivity contribution in [3.8, 4) is 0 Å². The van der Waals surface area contributed by atoms with E-state index < -0.39 is 0 Å². The average Bonchev–Trinajstić information content (AvgIpc) is 2.39. The molecule has 17 heavy (non-hydrogen) atoms. The van der Waals surface area contributed by atoms with E-state index in [4.69, 9.17) is 5.73 Å². The maximum atomic E-state index is 5.85. The van der Waals surface area contributed by atoms with Crippen molar-refractivity contribution in [2.45, 2.75) is 64.3 Å². The highest BCUT2D eigenvalue weighted by atomic mass is 15.1. The van der Waals surface area contributed by atoms with Gasteiger partial charge in [0.25, 0.3) is 0 Å². The topological polar surface area (TPSA) is 29.3 Å². The van der Waals surface area contributed by atoms with Crippen LogP contribution in [0.3, 0.4) is 0 Å². The fraction of sp³-hybridized carbons (Fsp3) is 0.867. The minimum absolute atomic E-state index is 0.851. The Bertz CT molecular complexity index is 254. The van der Waals surface area contributed by atoms with Crippen LogP contribution in [-0.4, -0.2) is 24.0 Å². The summed E-state index contributed by atoms with van der Waals surface area (Å²) >= 11 is 0. The van der Waals surface area contributed by atoms with Crippen molar-refractivity contribution in [2.75, 3.05) is 13.1 Å². The highest BCUT2D eigenvalue weighted by molar-refractivity contribution is 5.02. The maximum Gasteiger partial charge on any atom is 0.00952 e. The lowest BCUT2D eigenvalue weighted by molar-refractivity contribution is 0.136. The van der Waals surface area contributed by atoms with Gasteiger partial charge in [0, 0.05) is 18.3 Å². The number of hydrogen-bond donors (Lipinski definition) is 1. The Hall–Kier alpha value is -0.500. The van der Waals surface area contributed by atoms with E-state index in [0.29, 0.717) is 0 Å². The fourth-order valence-corrected chi connectivity index (χ4v) is 3.39. The van der Waals surface area contributed by atoms with Crippen molar-refractivity contribution < 1.29 is 0 Å². The summed E-state index contributed by atoms with van der Waals surface area (Å²) in [6.45, 7) is 4.84. The van der Waals surface area contributed by atoms with Crippen molar-refractivity contribution in [1.82, 2.24) is 4.90 Å². The Morgan fingerprint density at radius 2 is 2.00 bits per heavy atom. The highest BCUT2D eigenvalue weighted by Gasteiger charge is 2.23. The Balaban J connectivity index is 1.82. The Morgan fingerprint density at radius 1 is 1.24 bits per heavy atom. The monoisotopic (exact) mass is 236 g/mol. The highest BCUT2D eigenvalue weighted by Crippen LogP contribution is 2.26. The molecule has 1 atom stereocenters. The SMILES string of the molecule is CCN(CC1CC=C(N)CC1)C1CCCCC1. The molecule has 1 fully saturated rings. The van der Waals surface area contributed by atoms with Gasteiger partial charge in [0.15, 0.2) is 0 Å². The van der Waals surface area contributed by atoms with E-state index in [2.05, 4.69) is 17.9 Å². The molecule has 0 heterocycles. The molecule has 2 heteroatoms. The molecule has 0 saturated heterocycles. The van der Waals surface area contributed by atoms with Crippen molar-refractivity contribution in [1.29, 1.82) is 0 Å². The van der Waals surface area contributed by atoms with Crippen molar-refractivity contribution in [2.24, 2.45) is 11.7 Å². The third kappa shape index (κ3) is 3.74. The van der Waals surface area contributed by atoms with Gasteiger partial charge in [0.1, 0.15) is 0 Å². The molecule has 2 aliphatic rings. The number of hydrogen-bond acceptors (Lipinski definition) is 2. The van der Waals surface area contributed by atoms with Crippen LogP contribution in [0, 0.1) is 5.92 Å². The van der Waals surface area contributed by atoms with Crippen LogP contribution in [0.5, 0.6) is 0 Å². The molecule has 0 aliphatic heterocycles. The third-order valence-corrected chi connectivity index (χ3v) is 4.54. The zero-order valence-electron chi connectivity index (χ0n) is 11.3. The lowest BCUT2D eigenvalue weighted by Gasteiger charge is -2.36. The summed E-state index contributed by atoms with van der Waals surface area (Å²) in [5.74, 6) is 0.851. The van der Waals surface area contributed by atoms with E-state index in [1.54, 1.807) is 0 Å². The van der Waals surface area contributed by atoms with E-state index in [9.17, 15) is 0 Å². The molecule has 0 aromatic rings. The van der Waals surface area contributed by atoms with Gasteiger partial charge < -0.3 is 10.6 Å². The minimum atomic E-state index is 0.851. The summed E-state index contributed by atoms with van der Waals surface area (Å²) in [5.41, 5.74) is 6.96. The van der Waals surface area contributed by atoms with E-state index in [0.717, 1.165) is 24.1 Å². The van der Waals surface area contributed by atoms with Gasteiger partial charge in [-0.25, -0.2) is 0 Å². The summed E-state index contributed by atoms with van der Waals surface area (Å²) in [7, 11) is 0. The molecule has 0 aromatic carbocycles. The van der Waals surface area contributed by atoms with Crippen LogP contribution in [0.4, 0.5) is 0 Å². The van der Waals surface area contributed by atoms with Gasteiger partial charge in [-0.2, -0.15) is 0 Å². The van der Waals surface area contributed by atoms with Gasteiger partial charge in [0.05, 0.1) is 0 Å². The second-order valence-corrected chi connectivity index (χ2v) is 5.80. The second-order valence-electron chi connectivity index (χ2n) is 5.80. The van der Waals surface area contributed by atoms with Crippen LogP contribution in [-0.2, 0) is 0 Å². The number of rotatable bonds is 4. The van der Waals surface area contributed by atoms with E-state index in [1.807, 2.05) is 0 Å². The largest absolute Gasteiger partial charge is 0.402 e. The van der Waals surface area contributed by atoms with E-state index in [-0.39, 0.29) is 0 Å². The number of nitrogens with zero attached hydrogens (tertiary/aromatic N) is 1. The van der Waals surface area contributed by atoms with Gasteiger partial charge in [-0.1, -0.05) is 32.3 Å². The normalized spacial score (nSPS) is 27.2. The molecule has 0 radical (unpaired) electrons. The lowest BCUT2D eigenvalue weighted by atomic mass is 9.89. The first-order valence-electron chi connectivity index (χ1n) is 7.48. The molecule has 1 unspecified atom stereocenters. The summed E-state index contributed by atoms with van der Waals surface area (Å²) in [6.07, 6.45) is 13.1. The molecule has 1 saturated carbocycles. The predicted octanol–water partition coefficient (Wildman–Crippen LogP) is 3.28. The Labute approximate surface area is 106 Å². The smallest absolute Gasteiger partial charge is 0.00952 e. The fourth-order valence-electron chi connectivity index (χ4n) is 3.39. The van der Waals surface area contributed by atoms with Crippen LogP contribution in [0.25, 0.3) is 0 Å². The summed E-state index contributed by atoms with van der Waals surface area (Å²) < 4.78 is 0. The lowest BCUT2D eigenvalue weighted by Crippen LogP contribution is -2.40. The van der Waals surface area contributed by atoms with Crippen LogP contribution in [0.2, 0.25) is 0 Å².